The molecule has 0 bridgehead atoms. The standard InChI is InChI=1S/C23H22F2N8O2S/c1-13(9-29-23(26-3)35-4)8-28-22(34)15-7-16(33-18(20(24)25)11-30-31-33)21-27-10-17(32(21)12-15)19-6-5-14(2)36-19/h5-7,9-12,20H,3,8H2,1-2,4H3,(H,28,34)/b13-9+,29-23+. The van der Waals surface area contributed by atoms with Crippen LogP contribution in [-0.2, 0) is 4.74 Å². The third-order valence-corrected chi connectivity index (χ3v) is 6.13. The summed E-state index contributed by atoms with van der Waals surface area (Å²) in [5.74, 6) is -0.426. The van der Waals surface area contributed by atoms with Crippen molar-refractivity contribution in [2.24, 2.45) is 9.98 Å². The van der Waals surface area contributed by atoms with Crippen molar-refractivity contribution in [3.63, 3.8) is 0 Å². The van der Waals surface area contributed by atoms with Gasteiger partial charge < -0.3 is 10.1 Å². The number of fused-ring (bicyclic) bond motifs is 1. The largest absolute Gasteiger partial charge is 0.467 e. The minimum atomic E-state index is -2.82. The number of aromatic nitrogens is 5. The fraction of sp³-hybridized carbons (Fsp3) is 0.217. The second-order valence-electron chi connectivity index (χ2n) is 7.66. The first-order valence-electron chi connectivity index (χ1n) is 10.6. The quantitative estimate of drug-likeness (QED) is 0.294. The van der Waals surface area contributed by atoms with Gasteiger partial charge >= 0.3 is 6.02 Å². The summed E-state index contributed by atoms with van der Waals surface area (Å²) < 4.78 is 34.9. The molecule has 0 spiro atoms. The lowest BCUT2D eigenvalue weighted by molar-refractivity contribution is 0.0956. The molecule has 4 aromatic heterocycles. The van der Waals surface area contributed by atoms with Gasteiger partial charge in [0.1, 0.15) is 11.4 Å². The molecule has 10 nitrogen and oxygen atoms in total. The summed E-state index contributed by atoms with van der Waals surface area (Å²) in [6, 6.07) is 5.47. The number of thiophene rings is 1. The number of halogens is 2. The fourth-order valence-electron chi connectivity index (χ4n) is 3.37. The van der Waals surface area contributed by atoms with Crippen LogP contribution in [0.2, 0.25) is 0 Å². The van der Waals surface area contributed by atoms with Crippen LogP contribution in [0, 0.1) is 6.92 Å². The van der Waals surface area contributed by atoms with E-state index in [1.165, 1.54) is 19.4 Å². The number of alkyl halides is 2. The second-order valence-corrected chi connectivity index (χ2v) is 8.95. The van der Waals surface area contributed by atoms with E-state index < -0.39 is 18.0 Å². The van der Waals surface area contributed by atoms with Gasteiger partial charge in [0.15, 0.2) is 5.65 Å². The number of aliphatic imine (C=N–C) groups is 2. The van der Waals surface area contributed by atoms with E-state index in [0.29, 0.717) is 11.3 Å². The van der Waals surface area contributed by atoms with Crippen LogP contribution in [0.1, 0.15) is 34.3 Å². The van der Waals surface area contributed by atoms with Crippen molar-refractivity contribution >= 4 is 35.6 Å². The van der Waals surface area contributed by atoms with Gasteiger partial charge in [-0.25, -0.2) is 28.4 Å². The Hall–Kier alpha value is -4.26. The molecule has 4 aromatic rings. The number of aryl methyl sites for hydroxylation is 1. The number of imidazole rings is 1. The lowest BCUT2D eigenvalue weighted by Crippen LogP contribution is -2.25. The smallest absolute Gasteiger partial charge is 0.315 e. The Balaban J connectivity index is 1.75. The first kappa shape index (κ1) is 24.9. The van der Waals surface area contributed by atoms with E-state index in [-0.39, 0.29) is 23.8 Å². The first-order chi connectivity index (χ1) is 17.3. The molecule has 4 rings (SSSR count). The van der Waals surface area contributed by atoms with E-state index in [0.717, 1.165) is 26.2 Å². The SMILES string of the molecule is C=N/C(=N\C=C(/C)CNC(=O)c1cc(-n2nncc2C(F)F)c2ncc(-c3ccc(C)s3)n2c1)OC. The van der Waals surface area contributed by atoms with Crippen molar-refractivity contribution in [3.05, 3.63) is 64.7 Å². The molecule has 4 heterocycles. The van der Waals surface area contributed by atoms with Gasteiger partial charge in [-0.2, -0.15) is 0 Å². The third-order valence-electron chi connectivity index (χ3n) is 5.11. The molecule has 0 aliphatic carbocycles. The first-order valence-corrected chi connectivity index (χ1v) is 11.4. The Morgan fingerprint density at radius 2 is 2.17 bits per heavy atom. The average Bonchev–Trinajstić information content (AvgIpc) is 3.61. The van der Waals surface area contributed by atoms with E-state index in [1.54, 1.807) is 35.1 Å². The van der Waals surface area contributed by atoms with Crippen molar-refractivity contribution in [1.82, 2.24) is 29.7 Å². The zero-order valence-electron chi connectivity index (χ0n) is 19.6. The van der Waals surface area contributed by atoms with Gasteiger partial charge in [0, 0.05) is 23.8 Å². The Morgan fingerprint density at radius 1 is 1.36 bits per heavy atom. The van der Waals surface area contributed by atoms with E-state index in [9.17, 15) is 13.6 Å². The average molecular weight is 513 g/mol. The molecule has 36 heavy (non-hydrogen) atoms. The fourth-order valence-corrected chi connectivity index (χ4v) is 4.25. The molecule has 1 N–H and O–H groups in total. The molecule has 0 fully saturated rings. The molecule has 0 aliphatic rings. The zero-order chi connectivity index (χ0) is 25.8. The molecule has 186 valence electrons. The summed E-state index contributed by atoms with van der Waals surface area (Å²) in [5, 5.41) is 10.3. The van der Waals surface area contributed by atoms with Crippen molar-refractivity contribution in [3.8, 4) is 16.3 Å². The number of nitrogens with one attached hydrogen (secondary N) is 1. The van der Waals surface area contributed by atoms with Crippen LogP contribution in [-0.4, -0.2) is 56.7 Å². The lowest BCUT2D eigenvalue weighted by atomic mass is 10.2. The van der Waals surface area contributed by atoms with Crippen LogP contribution in [0.15, 0.2) is 58.5 Å². The zero-order valence-corrected chi connectivity index (χ0v) is 20.5. The van der Waals surface area contributed by atoms with E-state index in [1.807, 2.05) is 19.1 Å². The summed E-state index contributed by atoms with van der Waals surface area (Å²) in [7, 11) is 1.42. The van der Waals surface area contributed by atoms with Gasteiger partial charge in [0.2, 0.25) is 0 Å². The number of pyridine rings is 1. The number of carbonyl (C=O) groups excluding carboxylic acids is 1. The monoisotopic (exact) mass is 512 g/mol. The Kier molecular flexibility index (Phi) is 7.29. The molecule has 0 saturated heterocycles. The Morgan fingerprint density at radius 3 is 2.83 bits per heavy atom. The third kappa shape index (κ3) is 5.05. The second kappa shape index (κ2) is 10.6. The summed E-state index contributed by atoms with van der Waals surface area (Å²) in [6.45, 7) is 7.28. The molecule has 0 aliphatic heterocycles. The maximum atomic E-state index is 13.6. The highest BCUT2D eigenvalue weighted by Crippen LogP contribution is 2.31. The van der Waals surface area contributed by atoms with Crippen LogP contribution in [0.3, 0.4) is 0 Å². The predicted molar refractivity (Wildman–Crippen MR) is 133 cm³/mol. The minimum Gasteiger partial charge on any atom is -0.467 e. The number of carbonyl (C=O) groups is 1. The highest BCUT2D eigenvalue weighted by atomic mass is 32.1. The number of nitrogens with zero attached hydrogens (tertiary/aromatic N) is 7. The minimum absolute atomic E-state index is 0.0925. The maximum Gasteiger partial charge on any atom is 0.315 e. The number of hydrogen-bond acceptors (Lipinski definition) is 7. The number of methoxy groups -OCH3 is 1. The molecule has 0 unspecified atom stereocenters. The van der Waals surface area contributed by atoms with E-state index >= 15 is 0 Å². The van der Waals surface area contributed by atoms with E-state index in [4.69, 9.17) is 4.74 Å². The van der Waals surface area contributed by atoms with Gasteiger partial charge in [-0.1, -0.05) is 5.21 Å². The van der Waals surface area contributed by atoms with Crippen LogP contribution in [0.4, 0.5) is 8.78 Å². The van der Waals surface area contributed by atoms with Gasteiger partial charge in [0.05, 0.1) is 35.6 Å². The van der Waals surface area contributed by atoms with Crippen molar-refractivity contribution in [2.75, 3.05) is 13.7 Å². The van der Waals surface area contributed by atoms with Crippen LogP contribution >= 0.6 is 11.3 Å². The lowest BCUT2D eigenvalue weighted by Gasteiger charge is -2.12. The van der Waals surface area contributed by atoms with Crippen LogP contribution in [0.5, 0.6) is 0 Å². The number of hydrogen-bond donors (Lipinski definition) is 1. The van der Waals surface area contributed by atoms with Crippen molar-refractivity contribution < 1.29 is 18.3 Å². The molecule has 0 radical (unpaired) electrons. The van der Waals surface area contributed by atoms with Gasteiger partial charge in [-0.3, -0.25) is 9.20 Å². The summed E-state index contributed by atoms with van der Waals surface area (Å²) in [6.07, 6.45) is 2.92. The molecule has 13 heteroatoms. The van der Waals surface area contributed by atoms with E-state index in [2.05, 4.69) is 37.3 Å². The number of amides is 1. The number of ether oxygens (including phenoxy) is 1. The Labute approximate surface area is 208 Å². The predicted octanol–water partition coefficient (Wildman–Crippen LogP) is 4.23. The molecule has 1 amide bonds. The van der Waals surface area contributed by atoms with Gasteiger partial charge in [0.25, 0.3) is 12.3 Å². The molecular weight excluding hydrogens is 490 g/mol. The molecular formula is C23H22F2N8O2S. The molecule has 0 atom stereocenters. The van der Waals surface area contributed by atoms with Gasteiger partial charge in [-0.15, -0.1) is 16.4 Å². The Bertz CT molecular complexity index is 1480. The summed E-state index contributed by atoms with van der Waals surface area (Å²) in [5.41, 5.74) is 1.81. The topological polar surface area (TPSA) is 111 Å². The highest BCUT2D eigenvalue weighted by molar-refractivity contribution is 7.15. The van der Waals surface area contributed by atoms with Crippen LogP contribution in [0.25, 0.3) is 21.9 Å². The van der Waals surface area contributed by atoms with Gasteiger partial charge in [-0.05, 0) is 44.3 Å². The number of rotatable bonds is 7. The molecule has 0 aromatic carbocycles. The summed E-state index contributed by atoms with van der Waals surface area (Å²) in [4.78, 5) is 27.2. The normalized spacial score (nSPS) is 12.4. The van der Waals surface area contributed by atoms with Crippen LogP contribution < -0.4 is 5.32 Å². The molecule has 0 saturated carbocycles. The number of amidine groups is 1. The van der Waals surface area contributed by atoms with Crippen molar-refractivity contribution in [1.29, 1.82) is 0 Å². The maximum absolute atomic E-state index is 13.6. The highest BCUT2D eigenvalue weighted by Gasteiger charge is 2.22. The summed E-state index contributed by atoms with van der Waals surface area (Å²) >= 11 is 1.55. The van der Waals surface area contributed by atoms with Crippen molar-refractivity contribution in [2.45, 2.75) is 20.3 Å².